The molecule has 3 N–H and O–H groups in total. The van der Waals surface area contributed by atoms with Crippen molar-refractivity contribution in [2.24, 2.45) is 5.73 Å². The molecular formula is C13H17N3. The summed E-state index contributed by atoms with van der Waals surface area (Å²) in [6.07, 6.45) is 0. The second-order valence-corrected chi connectivity index (χ2v) is 4.25. The van der Waals surface area contributed by atoms with Gasteiger partial charge in [0.15, 0.2) is 0 Å². The van der Waals surface area contributed by atoms with Crippen molar-refractivity contribution in [2.45, 2.75) is 19.9 Å². The zero-order valence-corrected chi connectivity index (χ0v) is 9.70. The quantitative estimate of drug-likeness (QED) is 0.826. The van der Waals surface area contributed by atoms with Gasteiger partial charge in [0.2, 0.25) is 0 Å². The molecule has 0 aliphatic rings. The Kier molecular flexibility index (Phi) is 3.06. The Morgan fingerprint density at radius 2 is 2.06 bits per heavy atom. The van der Waals surface area contributed by atoms with Gasteiger partial charge in [-0.25, -0.2) is 4.98 Å². The third-order valence-electron chi connectivity index (χ3n) is 2.45. The van der Waals surface area contributed by atoms with Gasteiger partial charge in [0.25, 0.3) is 0 Å². The normalized spacial score (nSPS) is 12.7. The van der Waals surface area contributed by atoms with E-state index in [0.29, 0.717) is 0 Å². The Hall–Kier alpha value is -1.61. The van der Waals surface area contributed by atoms with Crippen LogP contribution in [-0.4, -0.2) is 17.6 Å². The number of nitrogens with zero attached hydrogens (tertiary/aromatic N) is 1. The summed E-state index contributed by atoms with van der Waals surface area (Å²) >= 11 is 0. The molecule has 0 bridgehead atoms. The number of nitrogens with two attached hydrogens (primary N) is 1. The third-order valence-corrected chi connectivity index (χ3v) is 2.45. The number of anilines is 1. The van der Waals surface area contributed by atoms with Gasteiger partial charge in [0.1, 0.15) is 5.82 Å². The fourth-order valence-corrected chi connectivity index (χ4v) is 1.59. The molecule has 0 saturated heterocycles. The van der Waals surface area contributed by atoms with Gasteiger partial charge in [-0.3, -0.25) is 0 Å². The van der Waals surface area contributed by atoms with Crippen LogP contribution < -0.4 is 11.1 Å². The number of aryl methyl sites for hydroxylation is 1. The first kappa shape index (κ1) is 10.9. The van der Waals surface area contributed by atoms with Crippen LogP contribution in [-0.2, 0) is 0 Å². The second kappa shape index (κ2) is 4.49. The Morgan fingerprint density at radius 1 is 1.31 bits per heavy atom. The van der Waals surface area contributed by atoms with Gasteiger partial charge in [-0.15, -0.1) is 0 Å². The number of benzene rings is 1. The topological polar surface area (TPSA) is 50.9 Å². The van der Waals surface area contributed by atoms with Gasteiger partial charge in [-0.05, 0) is 37.6 Å². The van der Waals surface area contributed by atoms with Gasteiger partial charge < -0.3 is 11.1 Å². The summed E-state index contributed by atoms with van der Waals surface area (Å²) in [4.78, 5) is 4.54. The summed E-state index contributed by atoms with van der Waals surface area (Å²) in [6.45, 7) is 4.78. The van der Waals surface area contributed by atoms with Crippen molar-refractivity contribution in [3.05, 3.63) is 35.9 Å². The number of hydrogen-bond donors (Lipinski definition) is 2. The molecule has 2 aromatic rings. The van der Waals surface area contributed by atoms with E-state index in [2.05, 4.69) is 41.5 Å². The zero-order valence-electron chi connectivity index (χ0n) is 9.70. The van der Waals surface area contributed by atoms with E-state index in [0.717, 1.165) is 23.3 Å². The van der Waals surface area contributed by atoms with Gasteiger partial charge in [-0.1, -0.05) is 12.1 Å². The van der Waals surface area contributed by atoms with E-state index >= 15 is 0 Å². The average Bonchev–Trinajstić information content (AvgIpc) is 2.25. The SMILES string of the molecule is Cc1ccc2ccc(NCC(C)N)nc2c1. The summed E-state index contributed by atoms with van der Waals surface area (Å²) in [7, 11) is 0. The first-order valence-corrected chi connectivity index (χ1v) is 5.52. The first-order valence-electron chi connectivity index (χ1n) is 5.52. The highest BCUT2D eigenvalue weighted by molar-refractivity contribution is 5.80. The average molecular weight is 215 g/mol. The molecule has 0 aliphatic heterocycles. The molecule has 16 heavy (non-hydrogen) atoms. The molecule has 0 fully saturated rings. The Balaban J connectivity index is 2.28. The van der Waals surface area contributed by atoms with E-state index in [4.69, 9.17) is 5.73 Å². The lowest BCUT2D eigenvalue weighted by Crippen LogP contribution is -2.25. The van der Waals surface area contributed by atoms with Crippen molar-refractivity contribution >= 4 is 16.7 Å². The zero-order chi connectivity index (χ0) is 11.5. The van der Waals surface area contributed by atoms with Crippen molar-refractivity contribution in [1.82, 2.24) is 4.98 Å². The Labute approximate surface area is 95.7 Å². The van der Waals surface area contributed by atoms with Crippen molar-refractivity contribution < 1.29 is 0 Å². The van der Waals surface area contributed by atoms with Crippen molar-refractivity contribution in [3.63, 3.8) is 0 Å². The highest BCUT2D eigenvalue weighted by atomic mass is 15.0. The minimum atomic E-state index is 0.134. The molecule has 0 aliphatic carbocycles. The minimum Gasteiger partial charge on any atom is -0.369 e. The van der Waals surface area contributed by atoms with Crippen LogP contribution in [0.2, 0.25) is 0 Å². The number of aromatic nitrogens is 1. The van der Waals surface area contributed by atoms with Crippen molar-refractivity contribution in [2.75, 3.05) is 11.9 Å². The van der Waals surface area contributed by atoms with Crippen molar-refractivity contribution in [3.8, 4) is 0 Å². The molecule has 1 unspecified atom stereocenters. The molecular weight excluding hydrogens is 198 g/mol. The van der Waals surface area contributed by atoms with Crippen LogP contribution in [0.25, 0.3) is 10.9 Å². The number of nitrogens with one attached hydrogen (secondary N) is 1. The highest BCUT2D eigenvalue weighted by Gasteiger charge is 1.99. The maximum atomic E-state index is 5.69. The summed E-state index contributed by atoms with van der Waals surface area (Å²) < 4.78 is 0. The number of rotatable bonds is 3. The summed E-state index contributed by atoms with van der Waals surface area (Å²) in [5.74, 6) is 0.885. The Morgan fingerprint density at radius 3 is 2.81 bits per heavy atom. The van der Waals surface area contributed by atoms with Gasteiger partial charge in [0.05, 0.1) is 5.52 Å². The van der Waals surface area contributed by atoms with Gasteiger partial charge >= 0.3 is 0 Å². The maximum Gasteiger partial charge on any atom is 0.126 e. The molecule has 1 atom stereocenters. The lowest BCUT2D eigenvalue weighted by Gasteiger charge is -2.09. The Bertz CT molecular complexity index is 492. The van der Waals surface area contributed by atoms with Crippen LogP contribution in [0.1, 0.15) is 12.5 Å². The van der Waals surface area contributed by atoms with Crippen molar-refractivity contribution in [1.29, 1.82) is 0 Å². The van der Waals surface area contributed by atoms with Crippen LogP contribution >= 0.6 is 0 Å². The van der Waals surface area contributed by atoms with E-state index in [9.17, 15) is 0 Å². The van der Waals surface area contributed by atoms with Crippen LogP contribution in [0.15, 0.2) is 30.3 Å². The van der Waals surface area contributed by atoms with Crippen LogP contribution in [0.4, 0.5) is 5.82 Å². The fourth-order valence-electron chi connectivity index (χ4n) is 1.59. The predicted octanol–water partition coefficient (Wildman–Crippen LogP) is 2.30. The molecule has 2 rings (SSSR count). The second-order valence-electron chi connectivity index (χ2n) is 4.25. The molecule has 84 valence electrons. The molecule has 3 heteroatoms. The fraction of sp³-hybridized carbons (Fsp3) is 0.308. The lowest BCUT2D eigenvalue weighted by molar-refractivity contribution is 0.778. The molecule has 0 amide bonds. The van der Waals surface area contributed by atoms with Crippen LogP contribution in [0.5, 0.6) is 0 Å². The van der Waals surface area contributed by atoms with E-state index in [1.54, 1.807) is 0 Å². The largest absolute Gasteiger partial charge is 0.369 e. The van der Waals surface area contributed by atoms with Crippen LogP contribution in [0, 0.1) is 6.92 Å². The smallest absolute Gasteiger partial charge is 0.126 e. The van der Waals surface area contributed by atoms with E-state index in [1.807, 2.05) is 13.0 Å². The lowest BCUT2D eigenvalue weighted by atomic mass is 10.1. The number of hydrogen-bond acceptors (Lipinski definition) is 3. The van der Waals surface area contributed by atoms with Gasteiger partial charge in [-0.2, -0.15) is 0 Å². The molecule has 0 spiro atoms. The van der Waals surface area contributed by atoms with E-state index < -0.39 is 0 Å². The summed E-state index contributed by atoms with van der Waals surface area (Å²) in [6, 6.07) is 10.5. The number of pyridine rings is 1. The summed E-state index contributed by atoms with van der Waals surface area (Å²) in [5, 5.41) is 4.38. The molecule has 3 nitrogen and oxygen atoms in total. The highest BCUT2D eigenvalue weighted by Crippen LogP contribution is 2.16. The monoisotopic (exact) mass is 215 g/mol. The third kappa shape index (κ3) is 2.49. The predicted molar refractivity (Wildman–Crippen MR) is 68.6 cm³/mol. The van der Waals surface area contributed by atoms with E-state index in [-0.39, 0.29) is 6.04 Å². The maximum absolute atomic E-state index is 5.69. The van der Waals surface area contributed by atoms with E-state index in [1.165, 1.54) is 5.56 Å². The molecule has 0 radical (unpaired) electrons. The van der Waals surface area contributed by atoms with Gasteiger partial charge in [0, 0.05) is 18.0 Å². The minimum absolute atomic E-state index is 0.134. The standard InChI is InChI=1S/C13H17N3/c1-9-3-4-11-5-6-13(15-8-10(2)14)16-12(11)7-9/h3-7,10H,8,14H2,1-2H3,(H,15,16). The molecule has 1 aromatic carbocycles. The number of fused-ring (bicyclic) bond motifs is 1. The summed E-state index contributed by atoms with van der Waals surface area (Å²) in [5.41, 5.74) is 7.94. The molecule has 1 heterocycles. The van der Waals surface area contributed by atoms with Crippen LogP contribution in [0.3, 0.4) is 0 Å². The molecule has 1 aromatic heterocycles. The first-order chi connectivity index (χ1) is 7.65. The molecule has 0 saturated carbocycles.